The van der Waals surface area contributed by atoms with Gasteiger partial charge in [-0.3, -0.25) is 14.0 Å². The molecule has 3 aromatic carbocycles. The van der Waals surface area contributed by atoms with Crippen LogP contribution >= 0.6 is 11.6 Å². The van der Waals surface area contributed by atoms with Crippen LogP contribution in [0.4, 0.5) is 5.69 Å². The number of carbonyl (C=O) groups excluding carboxylic acids is 1. The van der Waals surface area contributed by atoms with Gasteiger partial charge >= 0.3 is 0 Å². The fraction of sp³-hybridized carbons (Fsp3) is 0.296. The fourth-order valence-corrected chi connectivity index (χ4v) is 6.10. The molecule has 4 rings (SSSR count). The zero-order chi connectivity index (χ0) is 24.8. The van der Waals surface area contributed by atoms with Crippen molar-refractivity contribution in [3.63, 3.8) is 0 Å². The van der Waals surface area contributed by atoms with Gasteiger partial charge in [-0.15, -0.1) is 0 Å². The molecule has 6 nitrogen and oxygen atoms in total. The summed E-state index contributed by atoms with van der Waals surface area (Å²) in [4.78, 5) is 15.6. The number of rotatable bonds is 9. The molecule has 35 heavy (non-hydrogen) atoms. The van der Waals surface area contributed by atoms with Crippen molar-refractivity contribution in [2.45, 2.75) is 37.8 Å². The maximum absolute atomic E-state index is 13.5. The molecule has 0 aromatic heterocycles. The number of sulfonamides is 1. The number of halogens is 1. The van der Waals surface area contributed by atoms with E-state index in [0.29, 0.717) is 22.8 Å². The Hall–Kier alpha value is -2.87. The Balaban J connectivity index is 1.53. The zero-order valence-electron chi connectivity index (χ0n) is 19.8. The third kappa shape index (κ3) is 6.23. The molecule has 1 saturated heterocycles. The van der Waals surface area contributed by atoms with E-state index in [0.717, 1.165) is 29.5 Å². The van der Waals surface area contributed by atoms with Gasteiger partial charge in [-0.05, 0) is 79.9 Å². The van der Waals surface area contributed by atoms with Gasteiger partial charge in [0.15, 0.2) is 0 Å². The number of nitrogens with zero attached hydrogens (tertiary/aromatic N) is 2. The van der Waals surface area contributed by atoms with Crippen molar-refractivity contribution < 1.29 is 13.2 Å². The van der Waals surface area contributed by atoms with E-state index >= 15 is 0 Å². The van der Waals surface area contributed by atoms with Crippen LogP contribution in [-0.2, 0) is 27.9 Å². The van der Waals surface area contributed by atoms with E-state index in [2.05, 4.69) is 16.3 Å². The molecule has 0 atom stereocenters. The van der Waals surface area contributed by atoms with Crippen LogP contribution in [-0.4, -0.2) is 38.9 Å². The molecule has 0 radical (unpaired) electrons. The van der Waals surface area contributed by atoms with E-state index in [4.69, 9.17) is 11.6 Å². The highest BCUT2D eigenvalue weighted by molar-refractivity contribution is 7.92. The molecule has 1 aliphatic heterocycles. The molecular weight excluding hydrogens is 482 g/mol. The third-order valence-corrected chi connectivity index (χ3v) is 8.24. The molecule has 1 heterocycles. The second-order valence-electron chi connectivity index (χ2n) is 8.78. The first kappa shape index (κ1) is 25.2. The highest BCUT2D eigenvalue weighted by Crippen LogP contribution is 2.28. The normalized spacial score (nSPS) is 14.1. The number of aryl methyl sites for hydroxylation is 1. The molecule has 8 heteroatoms. The Labute approximate surface area is 212 Å². The minimum absolute atomic E-state index is 0.123. The van der Waals surface area contributed by atoms with Gasteiger partial charge in [0.1, 0.15) is 6.54 Å². The van der Waals surface area contributed by atoms with Gasteiger partial charge in [0.2, 0.25) is 5.91 Å². The van der Waals surface area contributed by atoms with Crippen molar-refractivity contribution in [3.8, 4) is 0 Å². The average Bonchev–Trinajstić information content (AvgIpc) is 3.36. The van der Waals surface area contributed by atoms with Crippen LogP contribution < -0.4 is 9.62 Å². The fourth-order valence-electron chi connectivity index (χ4n) is 4.36. The molecule has 0 unspecified atom stereocenters. The third-order valence-electron chi connectivity index (χ3n) is 6.23. The lowest BCUT2D eigenvalue weighted by Gasteiger charge is -2.26. The van der Waals surface area contributed by atoms with E-state index in [1.807, 2.05) is 18.2 Å². The van der Waals surface area contributed by atoms with Crippen LogP contribution in [0.5, 0.6) is 0 Å². The number of anilines is 1. The van der Waals surface area contributed by atoms with Crippen LogP contribution in [0, 0.1) is 6.92 Å². The Morgan fingerprint density at radius 1 is 0.971 bits per heavy atom. The van der Waals surface area contributed by atoms with Crippen molar-refractivity contribution >= 4 is 33.2 Å². The zero-order valence-corrected chi connectivity index (χ0v) is 21.4. The van der Waals surface area contributed by atoms with Crippen molar-refractivity contribution in [3.05, 3.63) is 94.5 Å². The van der Waals surface area contributed by atoms with Crippen LogP contribution in [0.2, 0.25) is 5.02 Å². The first-order chi connectivity index (χ1) is 16.8. The van der Waals surface area contributed by atoms with E-state index in [-0.39, 0.29) is 17.3 Å². The predicted molar refractivity (Wildman–Crippen MR) is 140 cm³/mol. The monoisotopic (exact) mass is 511 g/mol. The van der Waals surface area contributed by atoms with Gasteiger partial charge in [-0.1, -0.05) is 54.1 Å². The highest BCUT2D eigenvalue weighted by Gasteiger charge is 2.28. The van der Waals surface area contributed by atoms with Gasteiger partial charge < -0.3 is 5.32 Å². The van der Waals surface area contributed by atoms with Crippen molar-refractivity contribution in [1.29, 1.82) is 0 Å². The lowest BCUT2D eigenvalue weighted by molar-refractivity contribution is -0.119. The summed E-state index contributed by atoms with van der Waals surface area (Å²) in [6.07, 6.45) is 2.43. The van der Waals surface area contributed by atoms with E-state index in [9.17, 15) is 13.2 Å². The molecule has 1 fully saturated rings. The Kier molecular flexibility index (Phi) is 8.11. The summed E-state index contributed by atoms with van der Waals surface area (Å²) in [6, 6.07) is 21.2. The predicted octanol–water partition coefficient (Wildman–Crippen LogP) is 4.76. The van der Waals surface area contributed by atoms with Gasteiger partial charge in [0.25, 0.3) is 10.0 Å². The number of amides is 1. The molecule has 1 aliphatic rings. The minimum atomic E-state index is -3.97. The second-order valence-corrected chi connectivity index (χ2v) is 11.1. The number of hydrogen-bond donors (Lipinski definition) is 1. The quantitative estimate of drug-likeness (QED) is 0.450. The summed E-state index contributed by atoms with van der Waals surface area (Å²) in [5.41, 5.74) is 3.30. The molecule has 0 spiro atoms. The number of likely N-dealkylation sites (tertiary alicyclic amines) is 1. The lowest BCUT2D eigenvalue weighted by atomic mass is 10.1. The van der Waals surface area contributed by atoms with Gasteiger partial charge in [-0.25, -0.2) is 8.42 Å². The van der Waals surface area contributed by atoms with E-state index in [1.54, 1.807) is 43.3 Å². The topological polar surface area (TPSA) is 69.7 Å². The van der Waals surface area contributed by atoms with Gasteiger partial charge in [0, 0.05) is 18.1 Å². The minimum Gasteiger partial charge on any atom is -0.350 e. The molecule has 1 amide bonds. The summed E-state index contributed by atoms with van der Waals surface area (Å²) in [6.45, 7) is 4.81. The highest BCUT2D eigenvalue weighted by atomic mass is 35.5. The molecule has 1 N–H and O–H groups in total. The number of hydrogen-bond acceptors (Lipinski definition) is 4. The molecular formula is C27H30ClN3O3S. The number of nitrogens with one attached hydrogen (secondary N) is 1. The molecule has 0 aliphatic carbocycles. The smallest absolute Gasteiger partial charge is 0.264 e. The summed E-state index contributed by atoms with van der Waals surface area (Å²) >= 11 is 6.10. The average molecular weight is 512 g/mol. The van der Waals surface area contributed by atoms with Crippen LogP contribution in [0.3, 0.4) is 0 Å². The Morgan fingerprint density at radius 3 is 2.31 bits per heavy atom. The van der Waals surface area contributed by atoms with Crippen LogP contribution in [0.25, 0.3) is 0 Å². The maximum atomic E-state index is 13.5. The maximum Gasteiger partial charge on any atom is 0.264 e. The molecule has 184 valence electrons. The first-order valence-electron chi connectivity index (χ1n) is 11.7. The number of benzene rings is 3. The molecule has 3 aromatic rings. The number of carbonyl (C=O) groups is 1. The summed E-state index contributed by atoms with van der Waals surface area (Å²) < 4.78 is 28.2. The SMILES string of the molecule is Cc1cc(Cl)ccc1N(CC(=O)NCc1ccccc1CN1CCCC1)S(=O)(=O)c1ccccc1. The van der Waals surface area contributed by atoms with E-state index < -0.39 is 10.0 Å². The summed E-state index contributed by atoms with van der Waals surface area (Å²) in [7, 11) is -3.97. The van der Waals surface area contributed by atoms with Crippen LogP contribution in [0.1, 0.15) is 29.5 Å². The summed E-state index contributed by atoms with van der Waals surface area (Å²) in [5.74, 6) is -0.380. The standard InChI is InChI=1S/C27H30ClN3O3S/c1-21-17-24(28)13-14-26(21)31(35(33,34)25-11-3-2-4-12-25)20-27(32)29-18-22-9-5-6-10-23(22)19-30-15-7-8-16-30/h2-6,9-14,17H,7-8,15-16,18-20H2,1H3,(H,29,32). The molecule has 0 bridgehead atoms. The van der Waals surface area contributed by atoms with Crippen LogP contribution in [0.15, 0.2) is 77.7 Å². The van der Waals surface area contributed by atoms with Gasteiger partial charge in [-0.2, -0.15) is 0 Å². The lowest BCUT2D eigenvalue weighted by Crippen LogP contribution is -2.41. The Morgan fingerprint density at radius 2 is 1.63 bits per heavy atom. The molecule has 0 saturated carbocycles. The van der Waals surface area contributed by atoms with Crippen molar-refractivity contribution in [1.82, 2.24) is 10.2 Å². The van der Waals surface area contributed by atoms with E-state index in [1.165, 1.54) is 30.5 Å². The summed E-state index contributed by atoms with van der Waals surface area (Å²) in [5, 5.41) is 3.43. The largest absolute Gasteiger partial charge is 0.350 e. The first-order valence-corrected chi connectivity index (χ1v) is 13.6. The van der Waals surface area contributed by atoms with Crippen molar-refractivity contribution in [2.75, 3.05) is 23.9 Å². The Bertz CT molecular complexity index is 1280. The van der Waals surface area contributed by atoms with Gasteiger partial charge in [0.05, 0.1) is 10.6 Å². The van der Waals surface area contributed by atoms with Crippen molar-refractivity contribution in [2.24, 2.45) is 0 Å². The second kappa shape index (κ2) is 11.2.